The van der Waals surface area contributed by atoms with E-state index in [4.69, 9.17) is 4.74 Å². The molecule has 4 unspecified atom stereocenters. The standard InChI is InChI=1S/C18H24N2O2/c1-22-13-5-2-4-12-15(13)19-14-6-8-17(21)7-3-10-20-11-9-18(12,14)16(17)20/h2,4-5,14,16,19,21H,3,6-11H2,1H3. The van der Waals surface area contributed by atoms with Gasteiger partial charge < -0.3 is 15.2 Å². The molecule has 4 heteroatoms. The molecule has 3 aliphatic heterocycles. The average molecular weight is 300 g/mol. The number of anilines is 1. The number of hydrogen-bond donors (Lipinski definition) is 2. The summed E-state index contributed by atoms with van der Waals surface area (Å²) in [6.45, 7) is 2.25. The van der Waals surface area contributed by atoms with Crippen molar-refractivity contribution >= 4 is 5.69 Å². The molecular formula is C18H24N2O2. The van der Waals surface area contributed by atoms with Gasteiger partial charge in [0.2, 0.25) is 0 Å². The Morgan fingerprint density at radius 2 is 2.18 bits per heavy atom. The van der Waals surface area contributed by atoms with E-state index in [0.717, 1.165) is 50.9 Å². The van der Waals surface area contributed by atoms with Gasteiger partial charge in [0.25, 0.3) is 0 Å². The lowest BCUT2D eigenvalue weighted by molar-refractivity contribution is -0.111. The number of hydrogen-bond acceptors (Lipinski definition) is 4. The first-order valence-electron chi connectivity index (χ1n) is 8.59. The van der Waals surface area contributed by atoms with E-state index in [-0.39, 0.29) is 11.5 Å². The molecule has 3 heterocycles. The zero-order chi connectivity index (χ0) is 14.9. The van der Waals surface area contributed by atoms with Crippen molar-refractivity contribution in [3.05, 3.63) is 23.8 Å². The van der Waals surface area contributed by atoms with Crippen molar-refractivity contribution in [3.63, 3.8) is 0 Å². The fourth-order valence-electron chi connectivity index (χ4n) is 6.07. The smallest absolute Gasteiger partial charge is 0.142 e. The fourth-order valence-corrected chi connectivity index (χ4v) is 6.07. The van der Waals surface area contributed by atoms with Gasteiger partial charge in [0.15, 0.2) is 0 Å². The van der Waals surface area contributed by atoms with Gasteiger partial charge in [0.05, 0.1) is 24.4 Å². The van der Waals surface area contributed by atoms with Crippen molar-refractivity contribution in [3.8, 4) is 5.75 Å². The summed E-state index contributed by atoms with van der Waals surface area (Å²) < 4.78 is 5.59. The predicted octanol–water partition coefficient (Wildman–Crippen LogP) is 2.12. The van der Waals surface area contributed by atoms with E-state index in [1.54, 1.807) is 7.11 Å². The molecule has 1 saturated carbocycles. The first kappa shape index (κ1) is 13.2. The average Bonchev–Trinajstić information content (AvgIpc) is 3.08. The molecule has 3 fully saturated rings. The highest BCUT2D eigenvalue weighted by Gasteiger charge is 2.66. The Labute approximate surface area is 131 Å². The number of piperidine rings is 1. The highest BCUT2D eigenvalue weighted by atomic mass is 16.5. The van der Waals surface area contributed by atoms with Crippen LogP contribution >= 0.6 is 0 Å². The van der Waals surface area contributed by atoms with E-state index < -0.39 is 5.60 Å². The SMILES string of the molecule is COc1cccc2c1NC1CCC3(O)CCCN4CCC21C43. The molecule has 2 N–H and O–H groups in total. The monoisotopic (exact) mass is 300 g/mol. The number of nitrogens with zero attached hydrogens (tertiary/aromatic N) is 1. The van der Waals surface area contributed by atoms with Gasteiger partial charge in [-0.15, -0.1) is 0 Å². The molecule has 1 aromatic carbocycles. The Kier molecular flexibility index (Phi) is 2.51. The lowest BCUT2D eigenvalue weighted by Gasteiger charge is -2.55. The first-order chi connectivity index (χ1) is 10.7. The maximum atomic E-state index is 11.4. The number of fused-ring (bicyclic) bond motifs is 1. The second kappa shape index (κ2) is 4.18. The van der Waals surface area contributed by atoms with Crippen molar-refractivity contribution in [1.29, 1.82) is 0 Å². The molecule has 118 valence electrons. The highest BCUT2D eigenvalue weighted by Crippen LogP contribution is 2.61. The lowest BCUT2D eigenvalue weighted by atomic mass is 9.58. The molecule has 1 aliphatic carbocycles. The summed E-state index contributed by atoms with van der Waals surface area (Å²) in [6, 6.07) is 7.12. The van der Waals surface area contributed by atoms with Crippen LogP contribution in [0.5, 0.6) is 5.75 Å². The number of aliphatic hydroxyl groups is 1. The maximum Gasteiger partial charge on any atom is 0.142 e. The Bertz CT molecular complexity index is 634. The quantitative estimate of drug-likeness (QED) is 0.834. The van der Waals surface area contributed by atoms with Gasteiger partial charge in [-0.3, -0.25) is 4.90 Å². The number of ether oxygens (including phenoxy) is 1. The third kappa shape index (κ3) is 1.36. The van der Waals surface area contributed by atoms with Crippen LogP contribution < -0.4 is 10.1 Å². The summed E-state index contributed by atoms with van der Waals surface area (Å²) in [5, 5.41) is 15.1. The van der Waals surface area contributed by atoms with Crippen molar-refractivity contribution in [2.24, 2.45) is 0 Å². The van der Waals surface area contributed by atoms with Gasteiger partial charge in [-0.2, -0.15) is 0 Å². The van der Waals surface area contributed by atoms with Gasteiger partial charge in [-0.25, -0.2) is 0 Å². The fraction of sp³-hybridized carbons (Fsp3) is 0.667. The number of rotatable bonds is 1. The van der Waals surface area contributed by atoms with Crippen molar-refractivity contribution in [2.75, 3.05) is 25.5 Å². The number of para-hydroxylation sites is 1. The third-order valence-electron chi connectivity index (χ3n) is 6.78. The molecule has 4 nitrogen and oxygen atoms in total. The second-order valence-corrected chi connectivity index (χ2v) is 7.55. The van der Waals surface area contributed by atoms with E-state index in [0.29, 0.717) is 6.04 Å². The third-order valence-corrected chi connectivity index (χ3v) is 6.78. The summed E-state index contributed by atoms with van der Waals surface area (Å²) in [4.78, 5) is 2.56. The topological polar surface area (TPSA) is 44.7 Å². The molecule has 4 atom stereocenters. The molecule has 0 amide bonds. The van der Waals surface area contributed by atoms with Crippen LogP contribution in [0.1, 0.15) is 37.7 Å². The molecule has 1 aromatic rings. The highest BCUT2D eigenvalue weighted by molar-refractivity contribution is 5.71. The molecular weight excluding hydrogens is 276 g/mol. The normalized spacial score (nSPS) is 42.3. The number of benzene rings is 1. The Morgan fingerprint density at radius 1 is 1.27 bits per heavy atom. The van der Waals surface area contributed by atoms with Crippen molar-refractivity contribution < 1.29 is 9.84 Å². The first-order valence-corrected chi connectivity index (χ1v) is 8.59. The largest absolute Gasteiger partial charge is 0.495 e. The van der Waals surface area contributed by atoms with E-state index in [9.17, 15) is 5.11 Å². The zero-order valence-electron chi connectivity index (χ0n) is 13.1. The molecule has 1 spiro atoms. The minimum Gasteiger partial charge on any atom is -0.495 e. The van der Waals surface area contributed by atoms with Crippen LogP contribution in [0.2, 0.25) is 0 Å². The van der Waals surface area contributed by atoms with Crippen molar-refractivity contribution in [2.45, 2.75) is 55.2 Å². The van der Waals surface area contributed by atoms with E-state index in [1.807, 2.05) is 6.07 Å². The van der Waals surface area contributed by atoms with Gasteiger partial charge >= 0.3 is 0 Å². The second-order valence-electron chi connectivity index (χ2n) is 7.55. The van der Waals surface area contributed by atoms with Gasteiger partial charge in [0, 0.05) is 11.5 Å². The Balaban J connectivity index is 1.72. The van der Waals surface area contributed by atoms with E-state index in [2.05, 4.69) is 22.3 Å². The minimum atomic E-state index is -0.502. The summed E-state index contributed by atoms with van der Waals surface area (Å²) in [6.07, 6.45) is 5.22. The maximum absolute atomic E-state index is 11.4. The zero-order valence-corrected chi connectivity index (χ0v) is 13.1. The molecule has 4 aliphatic rings. The summed E-state index contributed by atoms with van der Waals surface area (Å²) in [5.74, 6) is 0.944. The molecule has 0 bridgehead atoms. The van der Waals surface area contributed by atoms with Crippen LogP contribution in [0.25, 0.3) is 0 Å². The molecule has 0 radical (unpaired) electrons. The molecule has 22 heavy (non-hydrogen) atoms. The van der Waals surface area contributed by atoms with Crippen LogP contribution in [0.15, 0.2) is 18.2 Å². The van der Waals surface area contributed by atoms with Gasteiger partial charge in [-0.1, -0.05) is 12.1 Å². The minimum absolute atomic E-state index is 0.0668. The van der Waals surface area contributed by atoms with Crippen LogP contribution in [-0.2, 0) is 5.41 Å². The lowest BCUT2D eigenvalue weighted by Crippen LogP contribution is -2.66. The summed E-state index contributed by atoms with van der Waals surface area (Å²) in [7, 11) is 1.74. The number of methoxy groups -OCH3 is 1. The molecule has 0 aromatic heterocycles. The van der Waals surface area contributed by atoms with Gasteiger partial charge in [0.1, 0.15) is 5.75 Å². The van der Waals surface area contributed by atoms with E-state index >= 15 is 0 Å². The predicted molar refractivity (Wildman–Crippen MR) is 85.5 cm³/mol. The molecule has 2 saturated heterocycles. The summed E-state index contributed by atoms with van der Waals surface area (Å²) in [5.41, 5.74) is 2.12. The van der Waals surface area contributed by atoms with E-state index in [1.165, 1.54) is 11.3 Å². The Hall–Kier alpha value is -1.26. The van der Waals surface area contributed by atoms with Crippen LogP contribution in [0.3, 0.4) is 0 Å². The van der Waals surface area contributed by atoms with Crippen LogP contribution in [0.4, 0.5) is 5.69 Å². The Morgan fingerprint density at radius 3 is 3.05 bits per heavy atom. The summed E-state index contributed by atoms with van der Waals surface area (Å²) >= 11 is 0. The number of nitrogens with one attached hydrogen (secondary N) is 1. The molecule has 5 rings (SSSR count). The van der Waals surface area contributed by atoms with Crippen LogP contribution in [-0.4, -0.2) is 47.9 Å². The van der Waals surface area contributed by atoms with Crippen molar-refractivity contribution in [1.82, 2.24) is 4.90 Å². The van der Waals surface area contributed by atoms with Crippen LogP contribution in [0, 0.1) is 0 Å². The van der Waals surface area contributed by atoms with Gasteiger partial charge in [-0.05, 0) is 56.8 Å².